The van der Waals surface area contributed by atoms with Crippen LogP contribution < -0.4 is 31.6 Å². The number of hydrogen-bond acceptors (Lipinski definition) is 7. The van der Waals surface area contributed by atoms with E-state index < -0.39 is 11.2 Å². The molecule has 3 aromatic heterocycles. The Kier molecular flexibility index (Phi) is 6.39. The van der Waals surface area contributed by atoms with Crippen LogP contribution in [0.25, 0.3) is 16.6 Å². The molecule has 0 aliphatic carbocycles. The lowest BCUT2D eigenvalue weighted by molar-refractivity contribution is -0.121. The molecule has 1 amide bonds. The Morgan fingerprint density at radius 1 is 0.950 bits per heavy atom. The van der Waals surface area contributed by atoms with Crippen LogP contribution in [0.4, 0.5) is 0 Å². The first-order chi connectivity index (χ1) is 19.4. The summed E-state index contributed by atoms with van der Waals surface area (Å²) in [6.45, 7) is 2.11. The largest absolute Gasteiger partial charge is 0.454 e. The first kappa shape index (κ1) is 25.1. The first-order valence-electron chi connectivity index (χ1n) is 12.7. The first-order valence-corrected chi connectivity index (χ1v) is 12.7. The second-order valence-corrected chi connectivity index (χ2v) is 9.50. The van der Waals surface area contributed by atoms with E-state index in [0.717, 1.165) is 15.8 Å². The van der Waals surface area contributed by atoms with Gasteiger partial charge in [0.2, 0.25) is 12.7 Å². The van der Waals surface area contributed by atoms with Gasteiger partial charge in [0.15, 0.2) is 11.5 Å². The molecule has 0 radical (unpaired) electrons. The Morgan fingerprint density at radius 2 is 1.77 bits per heavy atom. The summed E-state index contributed by atoms with van der Waals surface area (Å²) in [5, 5.41) is 3.14. The molecule has 6 rings (SSSR count). The van der Waals surface area contributed by atoms with Crippen LogP contribution in [0.3, 0.4) is 0 Å². The van der Waals surface area contributed by atoms with Gasteiger partial charge in [0, 0.05) is 31.3 Å². The van der Waals surface area contributed by atoms with Crippen LogP contribution in [0.5, 0.6) is 11.5 Å². The van der Waals surface area contributed by atoms with Gasteiger partial charge in [-0.2, -0.15) is 0 Å². The molecule has 1 aliphatic heterocycles. The van der Waals surface area contributed by atoms with Crippen LogP contribution in [0.2, 0.25) is 0 Å². The molecule has 0 saturated heterocycles. The molecule has 0 unspecified atom stereocenters. The molecule has 2 aromatic carbocycles. The molecule has 1 aliphatic rings. The van der Waals surface area contributed by atoms with Gasteiger partial charge in [0.05, 0.1) is 23.1 Å². The van der Waals surface area contributed by atoms with Gasteiger partial charge in [-0.25, -0.2) is 9.78 Å². The number of nitrogens with zero attached hydrogens (tertiary/aromatic N) is 4. The summed E-state index contributed by atoms with van der Waals surface area (Å²) in [5.74, 6) is 0.957. The molecule has 202 valence electrons. The van der Waals surface area contributed by atoms with Crippen molar-refractivity contribution in [3.8, 4) is 11.5 Å². The van der Waals surface area contributed by atoms with Crippen molar-refractivity contribution in [1.82, 2.24) is 23.8 Å². The molecule has 40 heavy (non-hydrogen) atoms. The smallest absolute Gasteiger partial charge is 0.331 e. The topological polar surface area (TPSA) is 126 Å². The van der Waals surface area contributed by atoms with Crippen molar-refractivity contribution in [2.45, 2.75) is 33.0 Å². The number of rotatable bonds is 7. The normalized spacial score (nSPS) is 12.2. The quantitative estimate of drug-likeness (QED) is 0.335. The van der Waals surface area contributed by atoms with Crippen LogP contribution in [0.1, 0.15) is 23.4 Å². The predicted molar refractivity (Wildman–Crippen MR) is 147 cm³/mol. The summed E-state index contributed by atoms with van der Waals surface area (Å²) < 4.78 is 14.6. The molecule has 0 saturated carbocycles. The zero-order valence-electron chi connectivity index (χ0n) is 21.6. The predicted octanol–water partition coefficient (Wildman–Crippen LogP) is 1.96. The van der Waals surface area contributed by atoms with Gasteiger partial charge in [-0.15, -0.1) is 0 Å². The third-order valence-corrected chi connectivity index (χ3v) is 6.87. The van der Waals surface area contributed by atoms with Crippen molar-refractivity contribution in [2.24, 2.45) is 0 Å². The lowest BCUT2D eigenvalue weighted by atomic mass is 10.2. The zero-order chi connectivity index (χ0) is 27.8. The molecule has 4 heterocycles. The Bertz CT molecular complexity index is 1970. The number of para-hydroxylation sites is 1. The number of carbonyl (C=O) groups is 1. The van der Waals surface area contributed by atoms with Crippen LogP contribution in [0.15, 0.2) is 81.1 Å². The fraction of sp³-hybridized carbons (Fsp3) is 0.207. The highest BCUT2D eigenvalue weighted by molar-refractivity contribution is 5.78. The molecule has 0 bridgehead atoms. The Hall–Kier alpha value is -5.19. The number of carbonyl (C=O) groups excluding carboxylic acids is 1. The summed E-state index contributed by atoms with van der Waals surface area (Å²) in [5.41, 5.74) is 1.52. The fourth-order valence-electron chi connectivity index (χ4n) is 4.88. The minimum absolute atomic E-state index is 0.0182. The Balaban J connectivity index is 1.26. The molecule has 0 atom stereocenters. The van der Waals surface area contributed by atoms with Gasteiger partial charge < -0.3 is 14.8 Å². The van der Waals surface area contributed by atoms with Crippen molar-refractivity contribution in [2.75, 3.05) is 6.79 Å². The van der Waals surface area contributed by atoms with E-state index in [0.29, 0.717) is 33.7 Å². The number of nitrogens with one attached hydrogen (secondary N) is 1. The van der Waals surface area contributed by atoms with Crippen molar-refractivity contribution < 1.29 is 14.3 Å². The highest BCUT2D eigenvalue weighted by atomic mass is 16.7. The number of aryl methyl sites for hydroxylation is 1. The molecule has 0 fully saturated rings. The lowest BCUT2D eigenvalue weighted by Gasteiger charge is -2.14. The molecule has 5 aromatic rings. The Labute approximate surface area is 226 Å². The van der Waals surface area contributed by atoms with Gasteiger partial charge in [0.1, 0.15) is 5.65 Å². The summed E-state index contributed by atoms with van der Waals surface area (Å²) in [7, 11) is 0. The van der Waals surface area contributed by atoms with E-state index in [1.54, 1.807) is 48.5 Å². The van der Waals surface area contributed by atoms with Crippen molar-refractivity contribution in [1.29, 1.82) is 0 Å². The standard InChI is InChI=1S/C29H25N5O6/c1-18-5-4-8-25-31-20(14-27(36)34(18)25)16-33-22-7-3-2-6-21(22)28(37)32(29(33)38)12-11-26(35)30-15-19-9-10-23-24(13-19)40-17-39-23/h2-10,13-14H,11-12,15-17H2,1H3,(H,30,35). The molecule has 1 N–H and O–H groups in total. The number of amides is 1. The van der Waals surface area contributed by atoms with E-state index in [2.05, 4.69) is 10.3 Å². The highest BCUT2D eigenvalue weighted by Crippen LogP contribution is 2.32. The molecular weight excluding hydrogens is 514 g/mol. The van der Waals surface area contributed by atoms with Gasteiger partial charge in [-0.05, 0) is 48.9 Å². The number of pyridine rings is 1. The molecule has 0 spiro atoms. The zero-order valence-corrected chi connectivity index (χ0v) is 21.6. The van der Waals surface area contributed by atoms with Gasteiger partial charge in [-0.3, -0.25) is 27.9 Å². The second-order valence-electron chi connectivity index (χ2n) is 9.50. The maximum absolute atomic E-state index is 13.6. The van der Waals surface area contributed by atoms with E-state index >= 15 is 0 Å². The summed E-state index contributed by atoms with van der Waals surface area (Å²) in [6, 6.07) is 18.9. The summed E-state index contributed by atoms with van der Waals surface area (Å²) in [6.07, 6.45) is -0.0765. The lowest BCUT2D eigenvalue weighted by Crippen LogP contribution is -2.41. The van der Waals surface area contributed by atoms with E-state index in [9.17, 15) is 19.2 Å². The average molecular weight is 540 g/mol. The van der Waals surface area contributed by atoms with Crippen molar-refractivity contribution in [3.63, 3.8) is 0 Å². The number of benzene rings is 2. The highest BCUT2D eigenvalue weighted by Gasteiger charge is 2.17. The summed E-state index contributed by atoms with van der Waals surface area (Å²) in [4.78, 5) is 56.8. The van der Waals surface area contributed by atoms with Gasteiger partial charge in [0.25, 0.3) is 11.1 Å². The average Bonchev–Trinajstić information content (AvgIpc) is 3.42. The van der Waals surface area contributed by atoms with Gasteiger partial charge in [-0.1, -0.05) is 24.3 Å². The van der Waals surface area contributed by atoms with Gasteiger partial charge >= 0.3 is 5.69 Å². The maximum atomic E-state index is 13.6. The monoisotopic (exact) mass is 539 g/mol. The number of fused-ring (bicyclic) bond motifs is 3. The molecule has 11 heteroatoms. The Morgan fingerprint density at radius 3 is 2.65 bits per heavy atom. The number of ether oxygens (including phenoxy) is 2. The minimum Gasteiger partial charge on any atom is -0.454 e. The van der Waals surface area contributed by atoms with Crippen LogP contribution >= 0.6 is 0 Å². The second kappa shape index (κ2) is 10.2. The number of aromatic nitrogens is 4. The minimum atomic E-state index is -0.585. The fourth-order valence-corrected chi connectivity index (χ4v) is 4.88. The number of hydrogen-bond donors (Lipinski definition) is 1. The molecule has 11 nitrogen and oxygen atoms in total. The maximum Gasteiger partial charge on any atom is 0.331 e. The summed E-state index contributed by atoms with van der Waals surface area (Å²) >= 11 is 0. The van der Waals surface area contributed by atoms with E-state index in [4.69, 9.17) is 9.47 Å². The van der Waals surface area contributed by atoms with E-state index in [1.807, 2.05) is 19.1 Å². The van der Waals surface area contributed by atoms with Crippen molar-refractivity contribution in [3.05, 3.63) is 115 Å². The van der Waals surface area contributed by atoms with Crippen molar-refractivity contribution >= 4 is 22.5 Å². The SMILES string of the molecule is Cc1cccc2nc(Cn3c(=O)n(CCC(=O)NCc4ccc5c(c4)OCO5)c(=O)c4ccccc43)cc(=O)n12. The van der Waals surface area contributed by atoms with Crippen LogP contribution in [0, 0.1) is 6.92 Å². The van der Waals surface area contributed by atoms with Crippen LogP contribution in [-0.4, -0.2) is 31.2 Å². The van der Waals surface area contributed by atoms with Crippen LogP contribution in [-0.2, 0) is 24.4 Å². The molecular formula is C29H25N5O6. The third-order valence-electron chi connectivity index (χ3n) is 6.87. The van der Waals surface area contributed by atoms with E-state index in [-0.39, 0.29) is 44.3 Å². The van der Waals surface area contributed by atoms with E-state index in [1.165, 1.54) is 15.0 Å². The third kappa shape index (κ3) is 4.62.